The number of hydrogen-bond donors (Lipinski definition) is 1. The van der Waals surface area contributed by atoms with Gasteiger partial charge in [-0.3, -0.25) is 0 Å². The fraction of sp³-hybridized carbons (Fsp3) is 0.727. The molecule has 0 aliphatic carbocycles. The summed E-state index contributed by atoms with van der Waals surface area (Å²) in [4.78, 5) is 7.86. The molecule has 0 bridgehead atoms. The number of aryl methyl sites for hydroxylation is 1. The van der Waals surface area contributed by atoms with Crippen molar-refractivity contribution in [2.75, 3.05) is 20.6 Å². The van der Waals surface area contributed by atoms with Crippen molar-refractivity contribution in [2.45, 2.75) is 32.9 Å². The van der Waals surface area contributed by atoms with E-state index >= 15 is 0 Å². The van der Waals surface area contributed by atoms with Gasteiger partial charge in [-0.05, 0) is 27.4 Å². The number of nitrogens with zero attached hydrogens (tertiary/aromatic N) is 2. The smallest absolute Gasteiger partial charge is 0.0798 e. The van der Waals surface area contributed by atoms with Gasteiger partial charge in [-0.2, -0.15) is 0 Å². The molecule has 1 rings (SSSR count). The second-order valence-electron chi connectivity index (χ2n) is 4.02. The molecule has 0 amide bonds. The topological polar surface area (TPSA) is 28.2 Å². The van der Waals surface area contributed by atoms with E-state index in [0.29, 0.717) is 6.04 Å². The first-order valence-corrected chi connectivity index (χ1v) is 6.29. The van der Waals surface area contributed by atoms with Crippen molar-refractivity contribution in [2.24, 2.45) is 0 Å². The number of hydrogen-bond acceptors (Lipinski definition) is 4. The number of rotatable bonds is 6. The first-order chi connectivity index (χ1) is 7.15. The Morgan fingerprint density at radius 3 is 2.73 bits per heavy atom. The van der Waals surface area contributed by atoms with Gasteiger partial charge in [0.2, 0.25) is 0 Å². The van der Waals surface area contributed by atoms with Gasteiger partial charge in [0.15, 0.2) is 0 Å². The van der Waals surface area contributed by atoms with Crippen LogP contribution in [0.15, 0.2) is 5.51 Å². The summed E-state index contributed by atoms with van der Waals surface area (Å²) < 4.78 is 0. The lowest BCUT2D eigenvalue weighted by Crippen LogP contribution is -2.37. The Labute approximate surface area is 96.5 Å². The number of thiazole rings is 1. The minimum atomic E-state index is 0.623. The number of aromatic nitrogens is 1. The van der Waals surface area contributed by atoms with Crippen LogP contribution in [-0.2, 0) is 6.54 Å². The van der Waals surface area contributed by atoms with Gasteiger partial charge in [0.05, 0.1) is 11.2 Å². The summed E-state index contributed by atoms with van der Waals surface area (Å²) in [5.74, 6) is 0. The van der Waals surface area contributed by atoms with Crippen LogP contribution in [-0.4, -0.2) is 36.6 Å². The van der Waals surface area contributed by atoms with Crippen LogP contribution < -0.4 is 5.32 Å². The molecule has 4 heteroatoms. The third-order valence-electron chi connectivity index (χ3n) is 2.71. The van der Waals surface area contributed by atoms with Gasteiger partial charge in [0, 0.05) is 24.0 Å². The molecule has 0 radical (unpaired) electrons. The summed E-state index contributed by atoms with van der Waals surface area (Å²) >= 11 is 1.73. The standard InChI is InChI=1S/C11H21N3S/c1-5-10(14(3)4)6-12-7-11-9(2)13-8-15-11/h8,10,12H,5-7H2,1-4H3. The molecule has 0 aliphatic rings. The molecule has 86 valence electrons. The third-order valence-corrected chi connectivity index (χ3v) is 3.65. The van der Waals surface area contributed by atoms with E-state index in [2.05, 4.69) is 43.1 Å². The lowest BCUT2D eigenvalue weighted by Gasteiger charge is -2.23. The van der Waals surface area contributed by atoms with Crippen LogP contribution in [0.4, 0.5) is 0 Å². The van der Waals surface area contributed by atoms with Crippen LogP contribution >= 0.6 is 11.3 Å². The summed E-state index contributed by atoms with van der Waals surface area (Å²) in [5, 5.41) is 3.49. The van der Waals surface area contributed by atoms with E-state index in [1.807, 2.05) is 5.51 Å². The third kappa shape index (κ3) is 3.89. The fourth-order valence-electron chi connectivity index (χ4n) is 1.54. The molecule has 1 unspecified atom stereocenters. The van der Waals surface area contributed by atoms with Crippen molar-refractivity contribution in [1.82, 2.24) is 15.2 Å². The highest BCUT2D eigenvalue weighted by atomic mass is 32.1. The predicted octanol–water partition coefficient (Wildman–Crippen LogP) is 1.88. The lowest BCUT2D eigenvalue weighted by molar-refractivity contribution is 0.276. The molecular formula is C11H21N3S. The van der Waals surface area contributed by atoms with Crippen LogP contribution in [0.3, 0.4) is 0 Å². The highest BCUT2D eigenvalue weighted by molar-refractivity contribution is 7.09. The maximum absolute atomic E-state index is 4.24. The van der Waals surface area contributed by atoms with Gasteiger partial charge < -0.3 is 10.2 Å². The second-order valence-corrected chi connectivity index (χ2v) is 4.96. The fourth-order valence-corrected chi connectivity index (χ4v) is 2.29. The number of likely N-dealkylation sites (N-methyl/N-ethyl adjacent to an activating group) is 1. The molecule has 1 N–H and O–H groups in total. The van der Waals surface area contributed by atoms with Gasteiger partial charge in [-0.15, -0.1) is 11.3 Å². The molecule has 0 aromatic carbocycles. The molecule has 1 atom stereocenters. The molecule has 3 nitrogen and oxygen atoms in total. The highest BCUT2D eigenvalue weighted by Crippen LogP contribution is 2.11. The normalized spacial score (nSPS) is 13.4. The van der Waals surface area contributed by atoms with Crippen molar-refractivity contribution < 1.29 is 0 Å². The highest BCUT2D eigenvalue weighted by Gasteiger charge is 2.08. The average Bonchev–Trinajstić information content (AvgIpc) is 2.58. The second kappa shape index (κ2) is 6.20. The Morgan fingerprint density at radius 2 is 2.27 bits per heavy atom. The molecular weight excluding hydrogens is 206 g/mol. The molecule has 0 fully saturated rings. The van der Waals surface area contributed by atoms with Crippen LogP contribution in [0.1, 0.15) is 23.9 Å². The van der Waals surface area contributed by atoms with Crippen LogP contribution in [0.2, 0.25) is 0 Å². The van der Waals surface area contributed by atoms with E-state index < -0.39 is 0 Å². The summed E-state index contributed by atoms with van der Waals surface area (Å²) in [6.07, 6.45) is 1.18. The van der Waals surface area contributed by atoms with Crippen LogP contribution in [0.5, 0.6) is 0 Å². The molecule has 1 aromatic rings. The van der Waals surface area contributed by atoms with E-state index in [-0.39, 0.29) is 0 Å². The minimum Gasteiger partial charge on any atom is -0.310 e. The maximum atomic E-state index is 4.24. The zero-order chi connectivity index (χ0) is 11.3. The van der Waals surface area contributed by atoms with Gasteiger partial charge in [-0.1, -0.05) is 6.92 Å². The Hall–Kier alpha value is -0.450. The Morgan fingerprint density at radius 1 is 1.53 bits per heavy atom. The molecule has 0 spiro atoms. The monoisotopic (exact) mass is 227 g/mol. The Bertz CT molecular complexity index is 283. The largest absolute Gasteiger partial charge is 0.310 e. The lowest BCUT2D eigenvalue weighted by atomic mass is 10.2. The molecule has 15 heavy (non-hydrogen) atoms. The molecule has 1 aromatic heterocycles. The first kappa shape index (κ1) is 12.6. The van der Waals surface area contributed by atoms with E-state index in [1.165, 1.54) is 11.3 Å². The first-order valence-electron chi connectivity index (χ1n) is 5.41. The average molecular weight is 227 g/mol. The van der Waals surface area contributed by atoms with Gasteiger partial charge in [0.25, 0.3) is 0 Å². The van der Waals surface area contributed by atoms with Crippen molar-refractivity contribution >= 4 is 11.3 Å². The van der Waals surface area contributed by atoms with Crippen molar-refractivity contribution in [1.29, 1.82) is 0 Å². The summed E-state index contributed by atoms with van der Waals surface area (Å²) in [7, 11) is 4.27. The van der Waals surface area contributed by atoms with Crippen molar-refractivity contribution in [3.8, 4) is 0 Å². The van der Waals surface area contributed by atoms with E-state index in [4.69, 9.17) is 0 Å². The zero-order valence-electron chi connectivity index (χ0n) is 10.1. The summed E-state index contributed by atoms with van der Waals surface area (Å²) in [6, 6.07) is 0.623. The van der Waals surface area contributed by atoms with Gasteiger partial charge in [0.1, 0.15) is 0 Å². The van der Waals surface area contributed by atoms with Crippen molar-refractivity contribution in [3.05, 3.63) is 16.1 Å². The Kier molecular flexibility index (Phi) is 5.22. The summed E-state index contributed by atoms with van der Waals surface area (Å²) in [5.41, 5.74) is 3.07. The SMILES string of the molecule is CCC(CNCc1scnc1C)N(C)C. The zero-order valence-corrected chi connectivity index (χ0v) is 10.9. The van der Waals surface area contributed by atoms with E-state index in [1.54, 1.807) is 11.3 Å². The molecule has 1 heterocycles. The van der Waals surface area contributed by atoms with Gasteiger partial charge in [-0.25, -0.2) is 4.98 Å². The summed E-state index contributed by atoms with van der Waals surface area (Å²) in [6.45, 7) is 6.28. The molecule has 0 aliphatic heterocycles. The van der Waals surface area contributed by atoms with Crippen molar-refractivity contribution in [3.63, 3.8) is 0 Å². The predicted molar refractivity (Wildman–Crippen MR) is 66.3 cm³/mol. The van der Waals surface area contributed by atoms with Gasteiger partial charge >= 0.3 is 0 Å². The van der Waals surface area contributed by atoms with Crippen LogP contribution in [0.25, 0.3) is 0 Å². The minimum absolute atomic E-state index is 0.623. The van der Waals surface area contributed by atoms with E-state index in [0.717, 1.165) is 18.8 Å². The van der Waals surface area contributed by atoms with Crippen LogP contribution in [0, 0.1) is 6.92 Å². The molecule has 0 saturated carbocycles. The Balaban J connectivity index is 2.29. The number of nitrogens with one attached hydrogen (secondary N) is 1. The molecule has 0 saturated heterocycles. The maximum Gasteiger partial charge on any atom is 0.0798 e. The van der Waals surface area contributed by atoms with E-state index in [9.17, 15) is 0 Å². The quantitative estimate of drug-likeness (QED) is 0.804.